The smallest absolute Gasteiger partial charge is 0.269 e. The molecule has 0 amide bonds. The molecule has 22 heavy (non-hydrogen) atoms. The molecule has 0 aliphatic carbocycles. The summed E-state index contributed by atoms with van der Waals surface area (Å²) in [6.07, 6.45) is 1.50. The van der Waals surface area contributed by atoms with Gasteiger partial charge in [-0.05, 0) is 36.8 Å². The van der Waals surface area contributed by atoms with Crippen molar-refractivity contribution < 1.29 is 9.53 Å². The third kappa shape index (κ3) is 3.02. The summed E-state index contributed by atoms with van der Waals surface area (Å²) in [4.78, 5) is 24.4. The summed E-state index contributed by atoms with van der Waals surface area (Å²) in [5.74, 6) is 0.192. The van der Waals surface area contributed by atoms with Gasteiger partial charge in [0.2, 0.25) is 0 Å². The fraction of sp³-hybridized carbons (Fsp3) is 0.188. The average molecular weight is 317 g/mol. The van der Waals surface area contributed by atoms with E-state index < -0.39 is 5.56 Å². The topological polar surface area (TPSA) is 72.1 Å². The first kappa shape index (κ1) is 15.8. The molecule has 0 saturated heterocycles. The summed E-state index contributed by atoms with van der Waals surface area (Å²) >= 11 is 5.99. The van der Waals surface area contributed by atoms with Gasteiger partial charge in [-0.2, -0.15) is 5.26 Å². The molecule has 0 fully saturated rings. The van der Waals surface area contributed by atoms with Crippen LogP contribution in [0.2, 0.25) is 5.02 Å². The summed E-state index contributed by atoms with van der Waals surface area (Å²) < 4.78 is 6.24. The Morgan fingerprint density at radius 1 is 1.41 bits per heavy atom. The van der Waals surface area contributed by atoms with E-state index in [2.05, 4.69) is 0 Å². The van der Waals surface area contributed by atoms with Crippen LogP contribution in [0.4, 0.5) is 0 Å². The molecule has 0 bridgehead atoms. The van der Waals surface area contributed by atoms with Gasteiger partial charge in [0.1, 0.15) is 17.4 Å². The molecule has 0 saturated carbocycles. The Morgan fingerprint density at radius 2 is 2.14 bits per heavy atom. The maximum absolute atomic E-state index is 12.3. The van der Waals surface area contributed by atoms with Crippen molar-refractivity contribution in [3.63, 3.8) is 0 Å². The van der Waals surface area contributed by atoms with Gasteiger partial charge in [0.05, 0.1) is 18.7 Å². The standard InChI is InChI=1S/C16H13ClN2O3/c1-10-5-6-19(16(21)12(10)8-18)9-14(20)11-3-4-15(22-2)13(17)7-11/h3-7H,9H2,1-2H3. The highest BCUT2D eigenvalue weighted by atomic mass is 35.5. The lowest BCUT2D eigenvalue weighted by molar-refractivity contribution is 0.0971. The highest BCUT2D eigenvalue weighted by Crippen LogP contribution is 2.25. The van der Waals surface area contributed by atoms with Crippen molar-refractivity contribution in [3.05, 3.63) is 62.5 Å². The number of carbonyl (C=O) groups is 1. The van der Waals surface area contributed by atoms with E-state index in [-0.39, 0.29) is 17.9 Å². The van der Waals surface area contributed by atoms with Gasteiger partial charge in [-0.1, -0.05) is 11.6 Å². The van der Waals surface area contributed by atoms with E-state index in [0.717, 1.165) is 0 Å². The number of pyridine rings is 1. The predicted molar refractivity (Wildman–Crippen MR) is 82.5 cm³/mol. The van der Waals surface area contributed by atoms with Gasteiger partial charge < -0.3 is 9.30 Å². The van der Waals surface area contributed by atoms with Crippen molar-refractivity contribution in [2.75, 3.05) is 7.11 Å². The van der Waals surface area contributed by atoms with Crippen LogP contribution in [-0.4, -0.2) is 17.5 Å². The SMILES string of the molecule is COc1ccc(C(=O)Cn2ccc(C)c(C#N)c2=O)cc1Cl. The van der Waals surface area contributed by atoms with Crippen molar-refractivity contribution in [2.45, 2.75) is 13.5 Å². The molecule has 1 aromatic heterocycles. The normalized spacial score (nSPS) is 10.1. The van der Waals surface area contributed by atoms with Gasteiger partial charge >= 0.3 is 0 Å². The lowest BCUT2D eigenvalue weighted by atomic mass is 10.1. The van der Waals surface area contributed by atoms with Gasteiger partial charge in [0.15, 0.2) is 5.78 Å². The van der Waals surface area contributed by atoms with E-state index >= 15 is 0 Å². The van der Waals surface area contributed by atoms with Crippen LogP contribution < -0.4 is 10.3 Å². The quantitative estimate of drug-likeness (QED) is 0.813. The van der Waals surface area contributed by atoms with Crippen LogP contribution >= 0.6 is 11.6 Å². The number of halogens is 1. The molecule has 1 heterocycles. The lowest BCUT2D eigenvalue weighted by Gasteiger charge is -2.08. The number of nitriles is 1. The van der Waals surface area contributed by atoms with Crippen molar-refractivity contribution in [2.24, 2.45) is 0 Å². The zero-order chi connectivity index (χ0) is 16.3. The Bertz CT molecular complexity index is 834. The van der Waals surface area contributed by atoms with Crippen LogP contribution in [0, 0.1) is 18.3 Å². The number of ether oxygens (including phenoxy) is 1. The molecule has 0 unspecified atom stereocenters. The van der Waals surface area contributed by atoms with Crippen LogP contribution in [-0.2, 0) is 6.54 Å². The minimum absolute atomic E-state index is 0.0445. The molecule has 0 N–H and O–H groups in total. The average Bonchev–Trinajstić information content (AvgIpc) is 2.50. The van der Waals surface area contributed by atoms with Crippen molar-refractivity contribution in [1.82, 2.24) is 4.57 Å². The number of nitrogens with zero attached hydrogens (tertiary/aromatic N) is 2. The number of hydrogen-bond acceptors (Lipinski definition) is 4. The Labute approximate surface area is 132 Å². The second kappa shape index (κ2) is 6.46. The van der Waals surface area contributed by atoms with Gasteiger partial charge in [0, 0.05) is 11.8 Å². The van der Waals surface area contributed by atoms with E-state index in [1.54, 1.807) is 25.1 Å². The second-order valence-electron chi connectivity index (χ2n) is 4.69. The van der Waals surface area contributed by atoms with Crippen LogP contribution in [0.3, 0.4) is 0 Å². The Hall–Kier alpha value is -2.58. The molecule has 0 radical (unpaired) electrons. The van der Waals surface area contributed by atoms with E-state index in [1.807, 2.05) is 6.07 Å². The number of rotatable bonds is 4. The molecule has 2 rings (SSSR count). The summed E-state index contributed by atoms with van der Waals surface area (Å²) in [6.45, 7) is 1.52. The molecular formula is C16H13ClN2O3. The first-order valence-electron chi connectivity index (χ1n) is 6.44. The summed E-state index contributed by atoms with van der Waals surface area (Å²) in [5, 5.41) is 9.31. The van der Waals surface area contributed by atoms with E-state index in [9.17, 15) is 9.59 Å². The van der Waals surface area contributed by atoms with Crippen LogP contribution in [0.25, 0.3) is 0 Å². The molecule has 6 heteroatoms. The van der Waals surface area contributed by atoms with Crippen molar-refractivity contribution >= 4 is 17.4 Å². The molecule has 1 aromatic carbocycles. The molecule has 2 aromatic rings. The Kier molecular flexibility index (Phi) is 4.64. The van der Waals surface area contributed by atoms with Gasteiger partial charge in [-0.3, -0.25) is 9.59 Å². The molecule has 112 valence electrons. The molecule has 0 aliphatic heterocycles. The maximum atomic E-state index is 12.3. The summed E-state index contributed by atoms with van der Waals surface area (Å²) in [7, 11) is 1.48. The number of carbonyl (C=O) groups excluding carboxylic acids is 1. The van der Waals surface area contributed by atoms with Gasteiger partial charge in [-0.25, -0.2) is 0 Å². The zero-order valence-electron chi connectivity index (χ0n) is 12.1. The van der Waals surface area contributed by atoms with Crippen LogP contribution in [0.1, 0.15) is 21.5 Å². The molecule has 5 nitrogen and oxygen atoms in total. The van der Waals surface area contributed by atoms with E-state index in [4.69, 9.17) is 21.6 Å². The van der Waals surface area contributed by atoms with Crippen molar-refractivity contribution in [1.29, 1.82) is 5.26 Å². The van der Waals surface area contributed by atoms with E-state index in [0.29, 0.717) is 21.9 Å². The molecule has 0 aliphatic rings. The Morgan fingerprint density at radius 3 is 2.73 bits per heavy atom. The monoisotopic (exact) mass is 316 g/mol. The minimum atomic E-state index is -0.476. The number of aromatic nitrogens is 1. The molecular weight excluding hydrogens is 304 g/mol. The minimum Gasteiger partial charge on any atom is -0.495 e. The highest BCUT2D eigenvalue weighted by Gasteiger charge is 2.13. The third-order valence-electron chi connectivity index (χ3n) is 3.27. The van der Waals surface area contributed by atoms with Crippen molar-refractivity contribution in [3.8, 4) is 11.8 Å². The Balaban J connectivity index is 2.32. The van der Waals surface area contributed by atoms with Crippen LogP contribution in [0.5, 0.6) is 5.75 Å². The number of hydrogen-bond donors (Lipinski definition) is 0. The number of ketones is 1. The largest absolute Gasteiger partial charge is 0.495 e. The summed E-state index contributed by atoms with van der Waals surface area (Å²) in [5.41, 5.74) is 0.527. The highest BCUT2D eigenvalue weighted by molar-refractivity contribution is 6.32. The fourth-order valence-electron chi connectivity index (χ4n) is 2.01. The maximum Gasteiger partial charge on any atom is 0.269 e. The van der Waals surface area contributed by atoms with E-state index in [1.165, 1.54) is 23.9 Å². The summed E-state index contributed by atoms with van der Waals surface area (Å²) in [6, 6.07) is 8.16. The number of methoxy groups -OCH3 is 1. The third-order valence-corrected chi connectivity index (χ3v) is 3.57. The van der Waals surface area contributed by atoms with Gasteiger partial charge in [-0.15, -0.1) is 0 Å². The number of Topliss-reactive ketones (excluding diaryl/α,β-unsaturated/α-hetero) is 1. The first-order valence-corrected chi connectivity index (χ1v) is 6.82. The van der Waals surface area contributed by atoms with Gasteiger partial charge in [0.25, 0.3) is 5.56 Å². The predicted octanol–water partition coefficient (Wildman–Crippen LogP) is 2.57. The lowest BCUT2D eigenvalue weighted by Crippen LogP contribution is -2.26. The zero-order valence-corrected chi connectivity index (χ0v) is 12.8. The fourth-order valence-corrected chi connectivity index (χ4v) is 2.27. The second-order valence-corrected chi connectivity index (χ2v) is 5.10. The number of aryl methyl sites for hydroxylation is 1. The van der Waals surface area contributed by atoms with Crippen LogP contribution in [0.15, 0.2) is 35.3 Å². The number of benzene rings is 1. The molecule has 0 spiro atoms. The molecule has 0 atom stereocenters. The first-order chi connectivity index (χ1) is 10.5.